The summed E-state index contributed by atoms with van der Waals surface area (Å²) in [6, 6.07) is 20.1. The molecule has 0 aliphatic heterocycles. The van der Waals surface area contributed by atoms with Gasteiger partial charge in [0.25, 0.3) is 10.0 Å². The highest BCUT2D eigenvalue weighted by molar-refractivity contribution is 7.92. The lowest BCUT2D eigenvalue weighted by Crippen LogP contribution is -2.54. The Morgan fingerprint density at radius 1 is 1.00 bits per heavy atom. The summed E-state index contributed by atoms with van der Waals surface area (Å²) in [6.45, 7) is 1.45. The van der Waals surface area contributed by atoms with Crippen LogP contribution in [0.3, 0.4) is 0 Å². The molecular weight excluding hydrogens is 565 g/mol. The van der Waals surface area contributed by atoms with Crippen LogP contribution >= 0.6 is 11.6 Å². The molecule has 1 atom stereocenters. The highest BCUT2D eigenvalue weighted by atomic mass is 35.5. The molecule has 0 spiro atoms. The molecule has 41 heavy (non-hydrogen) atoms. The van der Waals surface area contributed by atoms with Gasteiger partial charge in [0.1, 0.15) is 18.4 Å². The van der Waals surface area contributed by atoms with Gasteiger partial charge in [-0.2, -0.15) is 0 Å². The second-order valence-electron chi connectivity index (χ2n) is 10.2. The third kappa shape index (κ3) is 7.65. The van der Waals surface area contributed by atoms with Gasteiger partial charge in [0.15, 0.2) is 0 Å². The van der Waals surface area contributed by atoms with Crippen LogP contribution in [-0.2, 0) is 26.0 Å². The predicted octanol–water partition coefficient (Wildman–Crippen LogP) is 5.58. The Kier molecular flexibility index (Phi) is 10.4. The quantitative estimate of drug-likeness (QED) is 0.294. The molecule has 1 N–H and O–H groups in total. The molecule has 1 saturated carbocycles. The Morgan fingerprint density at radius 3 is 2.24 bits per heavy atom. The average Bonchev–Trinajstić information content (AvgIpc) is 3.49. The first-order valence-corrected chi connectivity index (χ1v) is 15.7. The van der Waals surface area contributed by atoms with Crippen molar-refractivity contribution < 1.29 is 22.4 Å². The van der Waals surface area contributed by atoms with E-state index >= 15 is 0 Å². The monoisotopic (exact) mass is 599 g/mol. The summed E-state index contributed by atoms with van der Waals surface area (Å²) < 4.78 is 42.6. The molecular formula is C31H35ClFN3O4S. The molecule has 4 rings (SSSR count). The lowest BCUT2D eigenvalue weighted by Gasteiger charge is -2.33. The van der Waals surface area contributed by atoms with E-state index in [0.29, 0.717) is 12.8 Å². The van der Waals surface area contributed by atoms with Gasteiger partial charge < -0.3 is 10.2 Å². The molecule has 0 heterocycles. The first kappa shape index (κ1) is 30.5. The van der Waals surface area contributed by atoms with Crippen LogP contribution < -0.4 is 9.62 Å². The number of halogens is 2. The first-order valence-electron chi connectivity index (χ1n) is 13.9. The fourth-order valence-electron chi connectivity index (χ4n) is 5.15. The van der Waals surface area contributed by atoms with Crippen LogP contribution in [-0.4, -0.2) is 50.3 Å². The van der Waals surface area contributed by atoms with Crippen LogP contribution in [0.25, 0.3) is 0 Å². The molecule has 7 nitrogen and oxygen atoms in total. The number of anilines is 1. The standard InChI is InChI=1S/C31H35ClFN3O4S/c1-2-29(31(38)34-24-13-9-10-14-24)35(20-19-23-11-5-3-6-12-23)30(37)22-36(25-17-18-28(33)27(32)21-25)41(39,40)26-15-7-4-8-16-26/h3-8,11-12,15-18,21,24,29H,2,9-10,13-14,19-20,22H2,1H3,(H,34,38)/t29-/m0/s1. The molecule has 10 heteroatoms. The van der Waals surface area contributed by atoms with Crippen LogP contribution in [0.1, 0.15) is 44.6 Å². The number of hydrogen-bond donors (Lipinski definition) is 1. The summed E-state index contributed by atoms with van der Waals surface area (Å²) in [5.74, 6) is -1.50. The Morgan fingerprint density at radius 2 is 1.63 bits per heavy atom. The maximum absolute atomic E-state index is 14.1. The second-order valence-corrected chi connectivity index (χ2v) is 12.4. The van der Waals surface area contributed by atoms with Crippen molar-refractivity contribution in [3.8, 4) is 0 Å². The van der Waals surface area contributed by atoms with Crippen molar-refractivity contribution in [2.24, 2.45) is 0 Å². The number of rotatable bonds is 12. The molecule has 0 bridgehead atoms. The van der Waals surface area contributed by atoms with Crippen molar-refractivity contribution in [1.29, 1.82) is 0 Å². The maximum Gasteiger partial charge on any atom is 0.264 e. The van der Waals surface area contributed by atoms with E-state index < -0.39 is 34.3 Å². The summed E-state index contributed by atoms with van der Waals surface area (Å²) in [5, 5.41) is 2.82. The van der Waals surface area contributed by atoms with Crippen LogP contribution in [0.4, 0.5) is 10.1 Å². The lowest BCUT2D eigenvalue weighted by molar-refractivity contribution is -0.139. The molecule has 0 saturated heterocycles. The van der Waals surface area contributed by atoms with Gasteiger partial charge in [0, 0.05) is 12.6 Å². The van der Waals surface area contributed by atoms with Crippen molar-refractivity contribution in [2.75, 3.05) is 17.4 Å². The first-order chi connectivity index (χ1) is 19.7. The van der Waals surface area contributed by atoms with E-state index in [1.54, 1.807) is 18.2 Å². The number of carbonyl (C=O) groups is 2. The van der Waals surface area contributed by atoms with Crippen molar-refractivity contribution >= 4 is 39.1 Å². The Hall–Kier alpha value is -3.43. The third-order valence-electron chi connectivity index (χ3n) is 7.37. The Bertz CT molecular complexity index is 1430. The average molecular weight is 600 g/mol. The van der Waals surface area contributed by atoms with Crippen molar-refractivity contribution in [1.82, 2.24) is 10.2 Å². The predicted molar refractivity (Wildman–Crippen MR) is 159 cm³/mol. The molecule has 0 aromatic heterocycles. The van der Waals surface area contributed by atoms with Gasteiger partial charge in [-0.15, -0.1) is 0 Å². The summed E-state index contributed by atoms with van der Waals surface area (Å²) in [4.78, 5) is 28.9. The largest absolute Gasteiger partial charge is 0.352 e. The maximum atomic E-state index is 14.1. The SMILES string of the molecule is CC[C@@H](C(=O)NC1CCCC1)N(CCc1ccccc1)C(=O)CN(c1ccc(F)c(Cl)c1)S(=O)(=O)c1ccccc1. The smallest absolute Gasteiger partial charge is 0.264 e. The van der Waals surface area contributed by atoms with Crippen molar-refractivity contribution in [3.05, 3.63) is 95.3 Å². The zero-order valence-corrected chi connectivity index (χ0v) is 24.6. The van der Waals surface area contributed by atoms with Crippen LogP contribution in [0.15, 0.2) is 83.8 Å². The van der Waals surface area contributed by atoms with Gasteiger partial charge in [-0.1, -0.05) is 79.9 Å². The van der Waals surface area contributed by atoms with E-state index in [-0.39, 0.29) is 34.1 Å². The second kappa shape index (κ2) is 14.0. The van der Waals surface area contributed by atoms with Crippen LogP contribution in [0.5, 0.6) is 0 Å². The molecule has 2 amide bonds. The fraction of sp³-hybridized carbons (Fsp3) is 0.355. The number of amides is 2. The van der Waals surface area contributed by atoms with Gasteiger partial charge in [-0.05, 0) is 61.6 Å². The van der Waals surface area contributed by atoms with E-state index in [0.717, 1.165) is 41.6 Å². The van der Waals surface area contributed by atoms with Gasteiger partial charge in [-0.3, -0.25) is 13.9 Å². The minimum absolute atomic E-state index is 0.0323. The zero-order chi connectivity index (χ0) is 29.4. The van der Waals surface area contributed by atoms with Gasteiger partial charge in [-0.25, -0.2) is 12.8 Å². The number of sulfonamides is 1. The molecule has 0 unspecified atom stereocenters. The molecule has 1 fully saturated rings. The highest BCUT2D eigenvalue weighted by Gasteiger charge is 2.34. The molecule has 1 aliphatic rings. The molecule has 0 radical (unpaired) electrons. The summed E-state index contributed by atoms with van der Waals surface area (Å²) in [7, 11) is -4.25. The minimum atomic E-state index is -4.25. The van der Waals surface area contributed by atoms with Crippen molar-refractivity contribution in [3.63, 3.8) is 0 Å². The number of nitrogens with one attached hydrogen (secondary N) is 1. The normalized spacial score (nSPS) is 14.4. The van der Waals surface area contributed by atoms with Gasteiger partial charge in [0.05, 0.1) is 15.6 Å². The number of benzene rings is 3. The molecule has 3 aromatic carbocycles. The molecule has 218 valence electrons. The summed E-state index contributed by atoms with van der Waals surface area (Å²) in [5.41, 5.74) is 1.02. The topological polar surface area (TPSA) is 86.8 Å². The summed E-state index contributed by atoms with van der Waals surface area (Å²) >= 11 is 6.02. The number of hydrogen-bond acceptors (Lipinski definition) is 4. The Labute approximate surface area is 246 Å². The Balaban J connectivity index is 1.68. The van der Waals surface area contributed by atoms with Gasteiger partial charge in [0.2, 0.25) is 11.8 Å². The molecule has 3 aromatic rings. The summed E-state index contributed by atoms with van der Waals surface area (Å²) in [6.07, 6.45) is 4.72. The fourth-order valence-corrected chi connectivity index (χ4v) is 6.75. The third-order valence-corrected chi connectivity index (χ3v) is 9.45. The van der Waals surface area contributed by atoms with E-state index in [1.807, 2.05) is 37.3 Å². The lowest BCUT2D eigenvalue weighted by atomic mass is 10.1. The van der Waals surface area contributed by atoms with Crippen LogP contribution in [0, 0.1) is 5.82 Å². The number of nitrogens with zero attached hydrogens (tertiary/aromatic N) is 2. The molecule has 1 aliphatic carbocycles. The highest BCUT2D eigenvalue weighted by Crippen LogP contribution is 2.28. The van der Waals surface area contributed by atoms with E-state index in [1.165, 1.54) is 29.2 Å². The van der Waals surface area contributed by atoms with Gasteiger partial charge >= 0.3 is 0 Å². The van der Waals surface area contributed by atoms with Crippen molar-refractivity contribution in [2.45, 2.75) is 62.4 Å². The van der Waals surface area contributed by atoms with Crippen LogP contribution in [0.2, 0.25) is 5.02 Å². The van der Waals surface area contributed by atoms with E-state index in [4.69, 9.17) is 11.6 Å². The number of carbonyl (C=O) groups excluding carboxylic acids is 2. The van der Waals surface area contributed by atoms with E-state index in [9.17, 15) is 22.4 Å². The van der Waals surface area contributed by atoms with E-state index in [2.05, 4.69) is 5.32 Å². The minimum Gasteiger partial charge on any atom is -0.352 e. The zero-order valence-electron chi connectivity index (χ0n) is 23.0.